The number of thiazole rings is 1. The lowest BCUT2D eigenvalue weighted by molar-refractivity contribution is -0.131. The van der Waals surface area contributed by atoms with Gasteiger partial charge in [-0.1, -0.05) is 60.2 Å². The number of rotatable bonds is 4. The predicted octanol–water partition coefficient (Wildman–Crippen LogP) is 4.16. The third-order valence-corrected chi connectivity index (χ3v) is 7.01. The molecule has 29 heavy (non-hydrogen) atoms. The van der Waals surface area contributed by atoms with E-state index in [1.807, 2.05) is 29.2 Å². The Hall–Kier alpha value is -2.73. The van der Waals surface area contributed by atoms with Gasteiger partial charge in [-0.3, -0.25) is 9.59 Å². The standard InChI is InChI=1S/C23H23N3O2S/c27-21(13-17-9-3-6-15-5-1-2-10-18(15)17)26-12-11-19-20(14-26)29-23(24-19)25-22(28)16-7-4-8-16/h1-3,5-6,9-10,16H,4,7-8,11-14H2,(H,24,25,28). The Morgan fingerprint density at radius 2 is 1.97 bits per heavy atom. The Bertz CT molecular complexity index is 1080. The van der Waals surface area contributed by atoms with Gasteiger partial charge in [-0.25, -0.2) is 4.98 Å². The lowest BCUT2D eigenvalue weighted by atomic mass is 9.85. The van der Waals surface area contributed by atoms with Crippen molar-refractivity contribution < 1.29 is 9.59 Å². The molecule has 148 valence electrons. The third kappa shape index (κ3) is 3.65. The molecule has 2 aliphatic rings. The summed E-state index contributed by atoms with van der Waals surface area (Å²) in [6.07, 6.45) is 4.24. The summed E-state index contributed by atoms with van der Waals surface area (Å²) in [6, 6.07) is 14.3. The number of anilines is 1. The second kappa shape index (κ2) is 7.59. The minimum atomic E-state index is 0.0891. The van der Waals surface area contributed by atoms with Crippen LogP contribution in [0.3, 0.4) is 0 Å². The fourth-order valence-electron chi connectivity index (χ4n) is 4.06. The molecule has 0 bridgehead atoms. The van der Waals surface area contributed by atoms with Crippen molar-refractivity contribution >= 4 is 39.1 Å². The van der Waals surface area contributed by atoms with Crippen LogP contribution in [-0.2, 0) is 29.0 Å². The van der Waals surface area contributed by atoms with Gasteiger partial charge in [0.15, 0.2) is 5.13 Å². The molecule has 5 nitrogen and oxygen atoms in total. The highest BCUT2D eigenvalue weighted by Gasteiger charge is 2.28. The normalized spacial score (nSPS) is 16.3. The first-order valence-electron chi connectivity index (χ1n) is 10.2. The van der Waals surface area contributed by atoms with Gasteiger partial charge in [-0.2, -0.15) is 0 Å². The molecule has 0 radical (unpaired) electrons. The quantitative estimate of drug-likeness (QED) is 0.709. The van der Waals surface area contributed by atoms with Gasteiger partial charge in [0.1, 0.15) is 0 Å². The van der Waals surface area contributed by atoms with Gasteiger partial charge in [-0.15, -0.1) is 0 Å². The van der Waals surface area contributed by atoms with Crippen LogP contribution in [0, 0.1) is 5.92 Å². The van der Waals surface area contributed by atoms with E-state index in [0.717, 1.165) is 52.6 Å². The minimum Gasteiger partial charge on any atom is -0.337 e. The van der Waals surface area contributed by atoms with E-state index in [1.165, 1.54) is 11.3 Å². The van der Waals surface area contributed by atoms with Gasteiger partial charge in [-0.05, 0) is 29.2 Å². The third-order valence-electron chi connectivity index (χ3n) is 6.01. The smallest absolute Gasteiger partial charge is 0.229 e. The summed E-state index contributed by atoms with van der Waals surface area (Å²) in [5.41, 5.74) is 2.09. The second-order valence-corrected chi connectivity index (χ2v) is 8.97. The van der Waals surface area contributed by atoms with E-state index in [1.54, 1.807) is 0 Å². The first kappa shape index (κ1) is 18.3. The highest BCUT2D eigenvalue weighted by atomic mass is 32.1. The van der Waals surface area contributed by atoms with Crippen LogP contribution in [0.5, 0.6) is 0 Å². The van der Waals surface area contributed by atoms with Crippen molar-refractivity contribution in [1.82, 2.24) is 9.88 Å². The Balaban J connectivity index is 1.27. The highest BCUT2D eigenvalue weighted by Crippen LogP contribution is 2.32. The molecule has 0 atom stereocenters. The van der Waals surface area contributed by atoms with E-state index >= 15 is 0 Å². The molecule has 2 aromatic carbocycles. The van der Waals surface area contributed by atoms with E-state index in [-0.39, 0.29) is 17.7 Å². The molecule has 2 amide bonds. The molecule has 3 aromatic rings. The summed E-state index contributed by atoms with van der Waals surface area (Å²) in [5, 5.41) is 5.95. The second-order valence-electron chi connectivity index (χ2n) is 7.89. The monoisotopic (exact) mass is 405 g/mol. The molecule has 1 aromatic heterocycles. The molecule has 1 aliphatic carbocycles. The Morgan fingerprint density at radius 1 is 1.14 bits per heavy atom. The fourth-order valence-corrected chi connectivity index (χ4v) is 5.09. The van der Waals surface area contributed by atoms with Crippen LogP contribution in [0.1, 0.15) is 35.4 Å². The summed E-state index contributed by atoms with van der Waals surface area (Å²) in [7, 11) is 0. The highest BCUT2D eigenvalue weighted by molar-refractivity contribution is 7.15. The zero-order chi connectivity index (χ0) is 19.8. The van der Waals surface area contributed by atoms with Crippen molar-refractivity contribution in [2.24, 2.45) is 5.92 Å². The Labute approximate surface area is 173 Å². The zero-order valence-corrected chi connectivity index (χ0v) is 17.0. The van der Waals surface area contributed by atoms with Crippen LogP contribution in [0.4, 0.5) is 5.13 Å². The molecule has 1 fully saturated rings. The predicted molar refractivity (Wildman–Crippen MR) is 115 cm³/mol. The molecule has 5 rings (SSSR count). The van der Waals surface area contributed by atoms with E-state index < -0.39 is 0 Å². The van der Waals surface area contributed by atoms with E-state index in [4.69, 9.17) is 0 Å². The van der Waals surface area contributed by atoms with Gasteiger partial charge in [0, 0.05) is 23.8 Å². The van der Waals surface area contributed by atoms with Crippen molar-refractivity contribution in [2.75, 3.05) is 11.9 Å². The van der Waals surface area contributed by atoms with Crippen LogP contribution in [0.15, 0.2) is 42.5 Å². The number of amides is 2. The molecular weight excluding hydrogens is 382 g/mol. The van der Waals surface area contributed by atoms with Gasteiger partial charge >= 0.3 is 0 Å². The number of benzene rings is 2. The van der Waals surface area contributed by atoms with Crippen molar-refractivity contribution in [3.05, 3.63) is 58.6 Å². The maximum atomic E-state index is 13.0. The van der Waals surface area contributed by atoms with Gasteiger partial charge in [0.05, 0.1) is 18.7 Å². The number of fused-ring (bicyclic) bond motifs is 2. The summed E-state index contributed by atoms with van der Waals surface area (Å²) in [5.74, 6) is 0.376. The number of carbonyl (C=O) groups is 2. The van der Waals surface area contributed by atoms with Crippen LogP contribution >= 0.6 is 11.3 Å². The molecule has 1 aliphatic heterocycles. The number of nitrogens with zero attached hydrogens (tertiary/aromatic N) is 2. The van der Waals surface area contributed by atoms with Gasteiger partial charge in [0.25, 0.3) is 0 Å². The largest absolute Gasteiger partial charge is 0.337 e. The molecule has 0 spiro atoms. The minimum absolute atomic E-state index is 0.0891. The topological polar surface area (TPSA) is 62.3 Å². The zero-order valence-electron chi connectivity index (χ0n) is 16.2. The summed E-state index contributed by atoms with van der Waals surface area (Å²) >= 11 is 1.51. The Kier molecular flexibility index (Phi) is 4.79. The number of carbonyl (C=O) groups excluding carboxylic acids is 2. The first-order valence-corrected chi connectivity index (χ1v) is 11.0. The summed E-state index contributed by atoms with van der Waals surface area (Å²) < 4.78 is 0. The molecular formula is C23H23N3O2S. The average molecular weight is 406 g/mol. The molecule has 0 saturated heterocycles. The molecule has 1 N–H and O–H groups in total. The van der Waals surface area contributed by atoms with Crippen molar-refractivity contribution in [3.8, 4) is 0 Å². The maximum Gasteiger partial charge on any atom is 0.229 e. The van der Waals surface area contributed by atoms with E-state index in [2.05, 4.69) is 28.5 Å². The molecule has 6 heteroatoms. The number of hydrogen-bond donors (Lipinski definition) is 1. The molecule has 2 heterocycles. The van der Waals surface area contributed by atoms with Crippen LogP contribution in [0.25, 0.3) is 10.8 Å². The number of nitrogens with one attached hydrogen (secondary N) is 1. The SMILES string of the molecule is O=C(Nc1nc2c(s1)CN(C(=O)Cc1cccc3ccccc13)CC2)C1CCC1. The maximum absolute atomic E-state index is 13.0. The van der Waals surface area contributed by atoms with Crippen LogP contribution in [0.2, 0.25) is 0 Å². The van der Waals surface area contributed by atoms with Crippen molar-refractivity contribution in [2.45, 2.75) is 38.6 Å². The fraction of sp³-hybridized carbons (Fsp3) is 0.348. The van der Waals surface area contributed by atoms with Crippen molar-refractivity contribution in [3.63, 3.8) is 0 Å². The number of aromatic nitrogens is 1. The van der Waals surface area contributed by atoms with Gasteiger partial charge in [0.2, 0.25) is 11.8 Å². The van der Waals surface area contributed by atoms with Crippen LogP contribution in [-0.4, -0.2) is 28.2 Å². The van der Waals surface area contributed by atoms with Gasteiger partial charge < -0.3 is 10.2 Å². The first-order chi connectivity index (χ1) is 14.2. The van der Waals surface area contributed by atoms with Crippen LogP contribution < -0.4 is 5.32 Å². The Morgan fingerprint density at radius 3 is 2.79 bits per heavy atom. The van der Waals surface area contributed by atoms with E-state index in [0.29, 0.717) is 24.6 Å². The van der Waals surface area contributed by atoms with Crippen molar-refractivity contribution in [1.29, 1.82) is 0 Å². The summed E-state index contributed by atoms with van der Waals surface area (Å²) in [6.45, 7) is 1.26. The molecule has 0 unspecified atom stereocenters. The average Bonchev–Trinajstić information content (AvgIpc) is 3.08. The molecule has 1 saturated carbocycles. The number of hydrogen-bond acceptors (Lipinski definition) is 4. The lowest BCUT2D eigenvalue weighted by Crippen LogP contribution is -2.36. The van der Waals surface area contributed by atoms with E-state index in [9.17, 15) is 9.59 Å². The lowest BCUT2D eigenvalue weighted by Gasteiger charge is -2.26. The summed E-state index contributed by atoms with van der Waals surface area (Å²) in [4.78, 5) is 32.8.